The molecule has 1 fully saturated rings. The minimum absolute atomic E-state index is 0.0151. The van der Waals surface area contributed by atoms with Gasteiger partial charge in [0.15, 0.2) is 11.5 Å². The zero-order valence-electron chi connectivity index (χ0n) is 22.9. The number of nitrogens with one attached hydrogen (secondary N) is 1. The number of nitrogens with two attached hydrogens (primary N) is 1. The first kappa shape index (κ1) is 28.1. The van der Waals surface area contributed by atoms with E-state index >= 15 is 0 Å². The number of halogens is 1. The van der Waals surface area contributed by atoms with Gasteiger partial charge in [0.1, 0.15) is 11.2 Å². The molecule has 0 aliphatic carbocycles. The second kappa shape index (κ2) is 12.4. The second-order valence-electron chi connectivity index (χ2n) is 10.3. The molecule has 0 bridgehead atoms. The predicted octanol–water partition coefficient (Wildman–Crippen LogP) is 3.55. The van der Waals surface area contributed by atoms with Crippen LogP contribution in [0, 0.1) is 5.92 Å². The van der Waals surface area contributed by atoms with Crippen LogP contribution in [0.2, 0.25) is 5.28 Å². The molecule has 1 aliphatic rings. The van der Waals surface area contributed by atoms with Crippen molar-refractivity contribution >= 4 is 28.4 Å². The average Bonchev–Trinajstić information content (AvgIpc) is 3.64. The molecule has 11 heteroatoms. The summed E-state index contributed by atoms with van der Waals surface area (Å²) in [5.74, 6) is 0.863. The lowest BCUT2D eigenvalue weighted by Gasteiger charge is -2.30. The number of carbonyl (C=O) groups is 1. The Bertz CT molecular complexity index is 1540. The molecule has 4 aromatic rings. The molecule has 1 unspecified atom stereocenters. The summed E-state index contributed by atoms with van der Waals surface area (Å²) in [5.41, 5.74) is 7.55. The molecule has 0 radical (unpaired) electrons. The van der Waals surface area contributed by atoms with E-state index < -0.39 is 6.04 Å². The molecular formula is C29H35ClN8O2. The van der Waals surface area contributed by atoms with Crippen LogP contribution in [0.25, 0.3) is 11.0 Å². The number of nitrogens with zero attached hydrogens (tertiary/aromatic N) is 6. The van der Waals surface area contributed by atoms with Crippen molar-refractivity contribution in [1.29, 1.82) is 0 Å². The van der Waals surface area contributed by atoms with Gasteiger partial charge in [-0.05, 0) is 49.0 Å². The van der Waals surface area contributed by atoms with Gasteiger partial charge in [0, 0.05) is 18.8 Å². The lowest BCUT2D eigenvalue weighted by atomic mass is 9.92. The van der Waals surface area contributed by atoms with Crippen molar-refractivity contribution in [3.05, 3.63) is 81.3 Å². The van der Waals surface area contributed by atoms with Gasteiger partial charge in [-0.15, -0.1) is 0 Å². The fraction of sp³-hybridized carbons (Fsp3) is 0.448. The number of carbonyl (C=O) groups excluding carboxylic acids is 1. The molecule has 4 heterocycles. The summed E-state index contributed by atoms with van der Waals surface area (Å²) < 4.78 is 3.62. The molecule has 3 N–H and O–H groups in total. The summed E-state index contributed by atoms with van der Waals surface area (Å²) in [6.07, 6.45) is 7.16. The van der Waals surface area contributed by atoms with E-state index in [-0.39, 0.29) is 39.6 Å². The van der Waals surface area contributed by atoms with Crippen LogP contribution in [0.3, 0.4) is 0 Å². The van der Waals surface area contributed by atoms with Gasteiger partial charge in [0.2, 0.25) is 11.1 Å². The second-order valence-corrected chi connectivity index (χ2v) is 10.6. The predicted molar refractivity (Wildman–Crippen MR) is 155 cm³/mol. The number of Topliss-reactive ketones (excluding diaryl/α,β-unsaturated/α-hetero) is 1. The van der Waals surface area contributed by atoms with Crippen LogP contribution in [-0.2, 0) is 13.0 Å². The largest absolute Gasteiger partial charge is 0.330 e. The third kappa shape index (κ3) is 5.56. The molecule has 5 rings (SSSR count). The summed E-state index contributed by atoms with van der Waals surface area (Å²) in [6.45, 7) is 5.72. The van der Waals surface area contributed by atoms with Crippen molar-refractivity contribution in [2.24, 2.45) is 11.7 Å². The molecule has 0 spiro atoms. The van der Waals surface area contributed by atoms with E-state index in [9.17, 15) is 9.59 Å². The van der Waals surface area contributed by atoms with E-state index in [0.717, 1.165) is 43.5 Å². The highest BCUT2D eigenvalue weighted by atomic mass is 35.5. The van der Waals surface area contributed by atoms with Gasteiger partial charge >= 0.3 is 0 Å². The fourth-order valence-electron chi connectivity index (χ4n) is 5.62. The van der Waals surface area contributed by atoms with Crippen LogP contribution in [-0.4, -0.2) is 54.0 Å². The number of fused-ring (bicyclic) bond motifs is 1. The van der Waals surface area contributed by atoms with Crippen LogP contribution < -0.4 is 16.6 Å². The van der Waals surface area contributed by atoms with Crippen LogP contribution >= 0.6 is 11.6 Å². The van der Waals surface area contributed by atoms with Crippen molar-refractivity contribution in [2.75, 3.05) is 13.1 Å². The topological polar surface area (TPSA) is 134 Å². The highest BCUT2D eigenvalue weighted by Gasteiger charge is 2.34. The Morgan fingerprint density at radius 2 is 1.95 bits per heavy atom. The van der Waals surface area contributed by atoms with Gasteiger partial charge in [0.05, 0.1) is 24.3 Å². The summed E-state index contributed by atoms with van der Waals surface area (Å²) in [7, 11) is 0. The molecule has 0 amide bonds. The van der Waals surface area contributed by atoms with Crippen LogP contribution in [0.5, 0.6) is 0 Å². The first-order chi connectivity index (χ1) is 19.4. The third-order valence-corrected chi connectivity index (χ3v) is 7.92. The Kier molecular flexibility index (Phi) is 8.68. The molecule has 1 aliphatic heterocycles. The van der Waals surface area contributed by atoms with Gasteiger partial charge in [-0.1, -0.05) is 57.0 Å². The molecule has 3 aromatic heterocycles. The Labute approximate surface area is 238 Å². The number of rotatable bonds is 11. The summed E-state index contributed by atoms with van der Waals surface area (Å²) in [5, 5.41) is 3.61. The molecular weight excluding hydrogens is 528 g/mol. The smallest absolute Gasteiger partial charge is 0.264 e. The molecule has 2 atom stereocenters. The highest BCUT2D eigenvalue weighted by molar-refractivity contribution is 6.28. The minimum atomic E-state index is -0.455. The van der Waals surface area contributed by atoms with E-state index in [1.165, 1.54) is 6.20 Å². The van der Waals surface area contributed by atoms with Crippen molar-refractivity contribution in [3.63, 3.8) is 0 Å². The zero-order valence-corrected chi connectivity index (χ0v) is 23.6. The number of hydrogen-bond acceptors (Lipinski definition) is 8. The van der Waals surface area contributed by atoms with E-state index in [4.69, 9.17) is 27.3 Å². The Hall–Kier alpha value is -3.47. The molecule has 1 aromatic carbocycles. The first-order valence-electron chi connectivity index (χ1n) is 14.0. The maximum Gasteiger partial charge on any atom is 0.264 e. The lowest BCUT2D eigenvalue weighted by molar-refractivity contribution is 0.0933. The molecule has 0 saturated carbocycles. The van der Waals surface area contributed by atoms with Crippen molar-refractivity contribution < 1.29 is 4.79 Å². The van der Waals surface area contributed by atoms with Crippen LogP contribution in [0.15, 0.2) is 47.5 Å². The highest BCUT2D eigenvalue weighted by Crippen LogP contribution is 2.33. The number of imidazole rings is 1. The molecule has 210 valence electrons. The monoisotopic (exact) mass is 562 g/mol. The molecule has 1 saturated heterocycles. The average molecular weight is 563 g/mol. The van der Waals surface area contributed by atoms with Gasteiger partial charge in [0.25, 0.3) is 5.56 Å². The summed E-state index contributed by atoms with van der Waals surface area (Å²) in [4.78, 5) is 45.9. The Morgan fingerprint density at radius 1 is 1.18 bits per heavy atom. The maximum absolute atomic E-state index is 14.0. The van der Waals surface area contributed by atoms with E-state index in [1.807, 2.05) is 41.1 Å². The zero-order chi connectivity index (χ0) is 28.2. The molecule has 10 nitrogen and oxygen atoms in total. The fourth-order valence-corrected chi connectivity index (χ4v) is 5.75. The number of hydrogen-bond donors (Lipinski definition) is 2. The number of ketones is 1. The lowest BCUT2D eigenvalue weighted by Crippen LogP contribution is -2.36. The maximum atomic E-state index is 14.0. The van der Waals surface area contributed by atoms with Crippen LogP contribution in [0.1, 0.15) is 73.3 Å². The normalized spacial score (nSPS) is 16.2. The van der Waals surface area contributed by atoms with Crippen molar-refractivity contribution in [1.82, 2.24) is 34.4 Å². The van der Waals surface area contributed by atoms with Gasteiger partial charge in [-0.2, -0.15) is 4.98 Å². The standard InChI is InChI=1S/C29H35ClN8O2/c1-3-19(4-2)23(37-17-20(12-13-31)34-27(37)24(39)22-11-8-14-32-22)26-35-25-21(15-33-29(30)36-25)28(40)38(26)16-18-9-6-5-7-10-18/h5-7,9-10,15,17,19,22-23,32H,3-4,8,11-14,16,31H2,1-2H3/t22-,23?/m0/s1. The minimum Gasteiger partial charge on any atom is -0.330 e. The Morgan fingerprint density at radius 3 is 2.62 bits per heavy atom. The number of benzene rings is 1. The first-order valence-corrected chi connectivity index (χ1v) is 14.3. The van der Waals surface area contributed by atoms with Crippen molar-refractivity contribution in [3.8, 4) is 0 Å². The third-order valence-electron chi connectivity index (χ3n) is 7.73. The van der Waals surface area contributed by atoms with Gasteiger partial charge in [-0.3, -0.25) is 14.2 Å². The van der Waals surface area contributed by atoms with E-state index in [2.05, 4.69) is 29.1 Å². The van der Waals surface area contributed by atoms with Gasteiger partial charge < -0.3 is 15.6 Å². The number of aromatic nitrogens is 6. The quantitative estimate of drug-likeness (QED) is 0.209. The van der Waals surface area contributed by atoms with Gasteiger partial charge in [-0.25, -0.2) is 15.0 Å². The Balaban J connectivity index is 1.77. The summed E-state index contributed by atoms with van der Waals surface area (Å²) in [6, 6.07) is 9.02. The van der Waals surface area contributed by atoms with Crippen molar-refractivity contribution in [2.45, 2.75) is 64.6 Å². The van der Waals surface area contributed by atoms with E-state index in [1.54, 1.807) is 4.57 Å². The van der Waals surface area contributed by atoms with Crippen LogP contribution in [0.4, 0.5) is 0 Å². The van der Waals surface area contributed by atoms with E-state index in [0.29, 0.717) is 31.2 Å². The molecule has 40 heavy (non-hydrogen) atoms. The SMILES string of the molecule is CCC(CC)C(c1nc2nc(Cl)ncc2c(=O)n1Cc1ccccc1)n1cc(CCN)nc1C(=O)[C@@H]1CCCN1. The summed E-state index contributed by atoms with van der Waals surface area (Å²) >= 11 is 6.13.